The molecule has 1 aliphatic rings. The number of methoxy groups -OCH3 is 1. The summed E-state index contributed by atoms with van der Waals surface area (Å²) in [6.45, 7) is 4.93. The molecule has 1 aliphatic heterocycles. The molecule has 20 heavy (non-hydrogen) atoms. The summed E-state index contributed by atoms with van der Waals surface area (Å²) in [5.41, 5.74) is 14.2. The number of aromatic nitrogens is 1. The molecule has 0 aromatic carbocycles. The molecule has 2 heterocycles. The number of nitrogens with zero attached hydrogens (tertiary/aromatic N) is 1. The highest BCUT2D eigenvalue weighted by Crippen LogP contribution is 2.38. The largest absolute Gasteiger partial charge is 0.395 e. The van der Waals surface area contributed by atoms with E-state index in [1.165, 1.54) is 0 Å². The van der Waals surface area contributed by atoms with E-state index in [1.54, 1.807) is 13.3 Å². The summed E-state index contributed by atoms with van der Waals surface area (Å²) in [7, 11) is 1.71. The summed E-state index contributed by atoms with van der Waals surface area (Å²) in [4.78, 5) is 4.03. The van der Waals surface area contributed by atoms with Gasteiger partial charge < -0.3 is 21.5 Å². The molecule has 5 N–H and O–H groups in total. The lowest BCUT2D eigenvalue weighted by atomic mass is 9.76. The van der Waals surface area contributed by atoms with Gasteiger partial charge in [-0.15, -0.1) is 0 Å². The van der Waals surface area contributed by atoms with Gasteiger partial charge in [0.2, 0.25) is 0 Å². The van der Waals surface area contributed by atoms with E-state index in [2.05, 4.69) is 30.2 Å². The molecular formula is C15H22N4O. The Labute approximate surface area is 119 Å². The molecule has 0 spiro atoms. The highest BCUT2D eigenvalue weighted by atomic mass is 16.5. The standard InChI is InChI=1S/C15H22N4O/c1-10(9-20-3)15(2)12(5-4-7-19-15)11-6-8-18-14(17)13(11)16/h4-8,10,19H,9,16H2,1-3H3,(H2,17,18). The monoisotopic (exact) mass is 274 g/mol. The van der Waals surface area contributed by atoms with Crippen molar-refractivity contribution in [3.8, 4) is 0 Å². The number of hydrogen-bond acceptors (Lipinski definition) is 5. The number of pyridine rings is 1. The van der Waals surface area contributed by atoms with Gasteiger partial charge in [0.05, 0.1) is 17.8 Å². The van der Waals surface area contributed by atoms with Crippen molar-refractivity contribution in [2.45, 2.75) is 19.4 Å². The van der Waals surface area contributed by atoms with E-state index >= 15 is 0 Å². The van der Waals surface area contributed by atoms with Gasteiger partial charge in [-0.1, -0.05) is 13.0 Å². The summed E-state index contributed by atoms with van der Waals surface area (Å²) in [5.74, 6) is 0.622. The van der Waals surface area contributed by atoms with Crippen molar-refractivity contribution in [2.75, 3.05) is 25.2 Å². The van der Waals surface area contributed by atoms with Crippen molar-refractivity contribution in [2.24, 2.45) is 5.92 Å². The highest BCUT2D eigenvalue weighted by molar-refractivity contribution is 5.85. The van der Waals surface area contributed by atoms with Gasteiger partial charge in [-0.25, -0.2) is 4.98 Å². The fraction of sp³-hybridized carbons (Fsp3) is 0.400. The van der Waals surface area contributed by atoms with Crippen LogP contribution in [0.3, 0.4) is 0 Å². The van der Waals surface area contributed by atoms with Gasteiger partial charge in [-0.2, -0.15) is 0 Å². The second kappa shape index (κ2) is 5.54. The van der Waals surface area contributed by atoms with Gasteiger partial charge in [0.25, 0.3) is 0 Å². The molecule has 5 heteroatoms. The quantitative estimate of drug-likeness (QED) is 0.779. The Morgan fingerprint density at radius 1 is 1.45 bits per heavy atom. The Balaban J connectivity index is 2.48. The second-order valence-electron chi connectivity index (χ2n) is 5.30. The first-order valence-electron chi connectivity index (χ1n) is 6.65. The smallest absolute Gasteiger partial charge is 0.147 e. The van der Waals surface area contributed by atoms with Crippen LogP contribution in [-0.2, 0) is 4.74 Å². The zero-order chi connectivity index (χ0) is 14.8. The SMILES string of the molecule is COCC(C)C1(C)NC=CC=C1c1ccnc(N)c1N. The first-order chi connectivity index (χ1) is 9.50. The topological polar surface area (TPSA) is 86.2 Å². The zero-order valence-corrected chi connectivity index (χ0v) is 12.2. The van der Waals surface area contributed by atoms with Gasteiger partial charge in [-0.3, -0.25) is 0 Å². The number of nitrogens with two attached hydrogens (primary N) is 2. The minimum Gasteiger partial charge on any atom is -0.395 e. The molecule has 0 bridgehead atoms. The van der Waals surface area contributed by atoms with Crippen LogP contribution in [0.2, 0.25) is 0 Å². The fourth-order valence-corrected chi connectivity index (χ4v) is 2.53. The molecule has 0 saturated carbocycles. The molecule has 2 unspecified atom stereocenters. The van der Waals surface area contributed by atoms with E-state index < -0.39 is 0 Å². The van der Waals surface area contributed by atoms with Crippen LogP contribution in [0.4, 0.5) is 11.5 Å². The van der Waals surface area contributed by atoms with Gasteiger partial charge in [-0.05, 0) is 30.8 Å². The summed E-state index contributed by atoms with van der Waals surface area (Å²) in [5, 5.41) is 3.43. The van der Waals surface area contributed by atoms with E-state index in [1.807, 2.05) is 18.3 Å². The number of hydrogen-bond donors (Lipinski definition) is 3. The summed E-state index contributed by atoms with van der Waals surface area (Å²) < 4.78 is 5.30. The van der Waals surface area contributed by atoms with Gasteiger partial charge in [0.1, 0.15) is 5.82 Å². The fourth-order valence-electron chi connectivity index (χ4n) is 2.53. The van der Waals surface area contributed by atoms with E-state index in [4.69, 9.17) is 16.2 Å². The lowest BCUT2D eigenvalue weighted by Gasteiger charge is -2.40. The first kappa shape index (κ1) is 14.4. The predicted octanol–water partition coefficient (Wildman–Crippen LogP) is 1.79. The van der Waals surface area contributed by atoms with Gasteiger partial charge >= 0.3 is 0 Å². The molecule has 0 aliphatic carbocycles. The van der Waals surface area contributed by atoms with Crippen molar-refractivity contribution in [3.05, 3.63) is 36.2 Å². The Kier molecular flexibility index (Phi) is 3.99. The summed E-state index contributed by atoms with van der Waals surface area (Å²) >= 11 is 0. The third-order valence-electron chi connectivity index (χ3n) is 4.02. The van der Waals surface area contributed by atoms with Crippen LogP contribution in [0.1, 0.15) is 19.4 Å². The number of nitrogen functional groups attached to an aromatic ring is 2. The average molecular weight is 274 g/mol. The molecule has 2 rings (SSSR count). The first-order valence-corrected chi connectivity index (χ1v) is 6.65. The number of dihydropyridines is 1. The van der Waals surface area contributed by atoms with Crippen LogP contribution in [0, 0.1) is 5.92 Å². The average Bonchev–Trinajstić information content (AvgIpc) is 2.43. The Morgan fingerprint density at radius 3 is 2.90 bits per heavy atom. The Hall–Kier alpha value is -2.01. The normalized spacial score (nSPS) is 23.1. The van der Waals surface area contributed by atoms with E-state index in [9.17, 15) is 0 Å². The minimum atomic E-state index is -0.271. The maximum Gasteiger partial charge on any atom is 0.147 e. The molecule has 0 fully saturated rings. The van der Waals surface area contributed by atoms with E-state index in [-0.39, 0.29) is 11.5 Å². The molecule has 5 nitrogen and oxygen atoms in total. The number of ether oxygens (including phenoxy) is 1. The van der Waals surface area contributed by atoms with Crippen LogP contribution in [0.5, 0.6) is 0 Å². The van der Waals surface area contributed by atoms with Crippen molar-refractivity contribution >= 4 is 17.1 Å². The zero-order valence-electron chi connectivity index (χ0n) is 12.2. The van der Waals surface area contributed by atoms with Gasteiger partial charge in [0, 0.05) is 24.8 Å². The number of nitrogens with one attached hydrogen (secondary N) is 1. The van der Waals surface area contributed by atoms with Crippen LogP contribution in [0.25, 0.3) is 5.57 Å². The third-order valence-corrected chi connectivity index (χ3v) is 4.02. The van der Waals surface area contributed by atoms with Crippen molar-refractivity contribution < 1.29 is 4.74 Å². The van der Waals surface area contributed by atoms with Crippen LogP contribution >= 0.6 is 0 Å². The molecular weight excluding hydrogens is 252 g/mol. The van der Waals surface area contributed by atoms with Crippen molar-refractivity contribution in [1.29, 1.82) is 0 Å². The van der Waals surface area contributed by atoms with Crippen molar-refractivity contribution in [1.82, 2.24) is 10.3 Å². The molecule has 1 aromatic heterocycles. The highest BCUT2D eigenvalue weighted by Gasteiger charge is 2.36. The second-order valence-corrected chi connectivity index (χ2v) is 5.30. The predicted molar refractivity (Wildman–Crippen MR) is 82.8 cm³/mol. The third kappa shape index (κ3) is 2.36. The Morgan fingerprint density at radius 2 is 2.20 bits per heavy atom. The maximum absolute atomic E-state index is 6.10. The van der Waals surface area contributed by atoms with Crippen molar-refractivity contribution in [3.63, 3.8) is 0 Å². The van der Waals surface area contributed by atoms with Crippen LogP contribution in [0.15, 0.2) is 30.6 Å². The Bertz CT molecular complexity index is 553. The lowest BCUT2D eigenvalue weighted by molar-refractivity contribution is 0.130. The number of allylic oxidation sites excluding steroid dienone is 2. The van der Waals surface area contributed by atoms with E-state index in [0.717, 1.165) is 11.1 Å². The van der Waals surface area contributed by atoms with Crippen LogP contribution in [-0.4, -0.2) is 24.2 Å². The molecule has 2 atom stereocenters. The molecule has 108 valence electrons. The molecule has 1 aromatic rings. The van der Waals surface area contributed by atoms with Crippen LogP contribution < -0.4 is 16.8 Å². The molecule has 0 radical (unpaired) electrons. The van der Waals surface area contributed by atoms with E-state index in [0.29, 0.717) is 18.1 Å². The van der Waals surface area contributed by atoms with Gasteiger partial charge in [0.15, 0.2) is 0 Å². The maximum atomic E-state index is 6.10. The summed E-state index contributed by atoms with van der Waals surface area (Å²) in [6.07, 6.45) is 7.65. The number of rotatable bonds is 4. The number of anilines is 2. The molecule has 0 saturated heterocycles. The lowest BCUT2D eigenvalue weighted by Crippen LogP contribution is -2.49. The summed E-state index contributed by atoms with van der Waals surface area (Å²) in [6, 6.07) is 1.90. The molecule has 0 amide bonds. The minimum absolute atomic E-state index is 0.262.